The average molecular weight is 401 g/mol. The van der Waals surface area contributed by atoms with Gasteiger partial charge in [-0.05, 0) is 73.6 Å². The summed E-state index contributed by atoms with van der Waals surface area (Å²) in [5.74, 6) is 1.93. The zero-order valence-electron chi connectivity index (χ0n) is 17.3. The molecule has 1 amide bonds. The molecule has 4 unspecified atom stereocenters. The molecule has 4 aliphatic rings. The van der Waals surface area contributed by atoms with Crippen LogP contribution in [-0.4, -0.2) is 23.0 Å². The summed E-state index contributed by atoms with van der Waals surface area (Å²) in [6.45, 7) is 2.01. The van der Waals surface area contributed by atoms with Gasteiger partial charge in [0.2, 0.25) is 5.91 Å². The van der Waals surface area contributed by atoms with Gasteiger partial charge < -0.3 is 5.32 Å². The van der Waals surface area contributed by atoms with Gasteiger partial charge in [0.05, 0.1) is 5.41 Å². The van der Waals surface area contributed by atoms with E-state index in [0.29, 0.717) is 29.8 Å². The van der Waals surface area contributed by atoms with Gasteiger partial charge in [-0.2, -0.15) is 0 Å². The van der Waals surface area contributed by atoms with Crippen molar-refractivity contribution in [1.82, 2.24) is 15.8 Å². The molecule has 0 radical (unpaired) electrons. The fraction of sp³-hybridized carbons (Fsp3) is 0.440. The van der Waals surface area contributed by atoms with Gasteiger partial charge in [0.1, 0.15) is 0 Å². The second-order valence-corrected chi connectivity index (χ2v) is 9.53. The minimum atomic E-state index is -0.252. The minimum absolute atomic E-state index is 0.223. The molecule has 30 heavy (non-hydrogen) atoms. The van der Waals surface area contributed by atoms with Crippen LogP contribution in [0.25, 0.3) is 6.08 Å². The lowest BCUT2D eigenvalue weighted by Crippen LogP contribution is -2.37. The Balaban J connectivity index is 1.13. The molecule has 3 N–H and O–H groups in total. The maximum absolute atomic E-state index is 12.8. The summed E-state index contributed by atoms with van der Waals surface area (Å²) in [7, 11) is 0. The van der Waals surface area contributed by atoms with Crippen molar-refractivity contribution in [1.29, 1.82) is 0 Å². The predicted molar refractivity (Wildman–Crippen MR) is 118 cm³/mol. The fourth-order valence-corrected chi connectivity index (χ4v) is 6.25. The molecule has 5 heteroatoms. The topological polar surface area (TPSA) is 66.0 Å². The summed E-state index contributed by atoms with van der Waals surface area (Å²) in [6, 6.07) is 13.3. The molecule has 3 fully saturated rings. The van der Waals surface area contributed by atoms with Gasteiger partial charge in [-0.3, -0.25) is 20.6 Å². The zero-order valence-corrected chi connectivity index (χ0v) is 17.3. The van der Waals surface area contributed by atoms with Crippen LogP contribution in [0.15, 0.2) is 48.7 Å². The Morgan fingerprint density at radius 3 is 2.90 bits per heavy atom. The Kier molecular flexibility index (Phi) is 4.12. The van der Waals surface area contributed by atoms with Crippen LogP contribution in [0.3, 0.4) is 0 Å². The summed E-state index contributed by atoms with van der Waals surface area (Å²) in [4.78, 5) is 17.2. The van der Waals surface area contributed by atoms with E-state index in [-0.39, 0.29) is 11.3 Å². The number of pyridine rings is 1. The van der Waals surface area contributed by atoms with Gasteiger partial charge in [-0.1, -0.05) is 36.4 Å². The molecule has 5 nitrogen and oxygen atoms in total. The van der Waals surface area contributed by atoms with Crippen molar-refractivity contribution in [2.45, 2.75) is 50.1 Å². The summed E-state index contributed by atoms with van der Waals surface area (Å²) >= 11 is 0. The van der Waals surface area contributed by atoms with Crippen LogP contribution in [0.4, 0.5) is 5.69 Å². The molecule has 6 rings (SSSR count). The van der Waals surface area contributed by atoms with E-state index in [1.807, 2.05) is 25.3 Å². The highest BCUT2D eigenvalue weighted by molar-refractivity contribution is 6.08. The SMILES string of the molecule is Cc1ccc(/C=C/C2NNC3CC([C@@H]4C[C@@]45C(=O)Nc4ccccc45)CCC23)cn1. The highest BCUT2D eigenvalue weighted by Gasteiger charge is 2.67. The summed E-state index contributed by atoms with van der Waals surface area (Å²) in [5, 5.41) is 3.13. The summed E-state index contributed by atoms with van der Waals surface area (Å²) < 4.78 is 0. The lowest BCUT2D eigenvalue weighted by atomic mass is 9.73. The van der Waals surface area contributed by atoms with E-state index in [0.717, 1.165) is 29.8 Å². The Bertz CT molecular complexity index is 1020. The molecule has 2 saturated carbocycles. The van der Waals surface area contributed by atoms with Crippen molar-refractivity contribution in [3.8, 4) is 0 Å². The fourth-order valence-electron chi connectivity index (χ4n) is 6.25. The molecule has 154 valence electrons. The van der Waals surface area contributed by atoms with E-state index in [4.69, 9.17) is 0 Å². The Morgan fingerprint density at radius 1 is 1.13 bits per heavy atom. The number of hydrazine groups is 1. The molecular weight excluding hydrogens is 372 g/mol. The number of carbonyl (C=O) groups excluding carboxylic acids is 1. The van der Waals surface area contributed by atoms with Crippen LogP contribution in [0.2, 0.25) is 0 Å². The molecule has 3 heterocycles. The van der Waals surface area contributed by atoms with Crippen LogP contribution >= 0.6 is 0 Å². The van der Waals surface area contributed by atoms with Crippen LogP contribution in [0, 0.1) is 24.7 Å². The quantitative estimate of drug-likeness (QED) is 0.737. The van der Waals surface area contributed by atoms with E-state index >= 15 is 0 Å². The second kappa shape index (κ2) is 6.76. The molecule has 1 aromatic carbocycles. The third-order valence-electron chi connectivity index (χ3n) is 7.92. The maximum atomic E-state index is 12.8. The molecule has 0 bridgehead atoms. The van der Waals surface area contributed by atoms with E-state index in [1.54, 1.807) is 0 Å². The number of benzene rings is 1. The monoisotopic (exact) mass is 400 g/mol. The van der Waals surface area contributed by atoms with Crippen molar-refractivity contribution in [3.05, 3.63) is 65.5 Å². The van der Waals surface area contributed by atoms with Crippen molar-refractivity contribution in [2.24, 2.45) is 17.8 Å². The normalized spacial score (nSPS) is 36.7. The molecule has 6 atom stereocenters. The largest absolute Gasteiger partial charge is 0.325 e. The Morgan fingerprint density at radius 2 is 2.03 bits per heavy atom. The predicted octanol–water partition coefficient (Wildman–Crippen LogP) is 3.57. The Labute approximate surface area is 177 Å². The molecule has 2 aromatic rings. The minimum Gasteiger partial charge on any atom is -0.325 e. The third-order valence-corrected chi connectivity index (χ3v) is 7.92. The smallest absolute Gasteiger partial charge is 0.235 e. The molecule has 1 saturated heterocycles. The lowest BCUT2D eigenvalue weighted by molar-refractivity contribution is -0.118. The number of para-hydroxylation sites is 1. The first kappa shape index (κ1) is 18.3. The Hall–Kier alpha value is -2.50. The van der Waals surface area contributed by atoms with E-state index in [2.05, 4.69) is 57.6 Å². The number of hydrogen-bond acceptors (Lipinski definition) is 4. The number of fused-ring (bicyclic) bond motifs is 3. The molecule has 1 spiro atoms. The third kappa shape index (κ3) is 2.76. The van der Waals surface area contributed by atoms with Gasteiger partial charge in [0.15, 0.2) is 0 Å². The highest BCUT2D eigenvalue weighted by atomic mass is 16.2. The van der Waals surface area contributed by atoms with E-state index in [9.17, 15) is 4.79 Å². The molecule has 2 aliphatic carbocycles. The van der Waals surface area contributed by atoms with Crippen molar-refractivity contribution in [2.75, 3.05) is 5.32 Å². The first-order valence-corrected chi connectivity index (χ1v) is 11.2. The highest BCUT2D eigenvalue weighted by Crippen LogP contribution is 2.64. The first-order valence-electron chi connectivity index (χ1n) is 11.2. The van der Waals surface area contributed by atoms with Gasteiger partial charge >= 0.3 is 0 Å². The van der Waals surface area contributed by atoms with Crippen LogP contribution in [0.5, 0.6) is 0 Å². The number of aryl methyl sites for hydroxylation is 1. The molecule has 2 aliphatic heterocycles. The lowest BCUT2D eigenvalue weighted by Gasteiger charge is -2.33. The maximum Gasteiger partial charge on any atom is 0.235 e. The number of aromatic nitrogens is 1. The number of rotatable bonds is 3. The van der Waals surface area contributed by atoms with Crippen molar-refractivity contribution in [3.63, 3.8) is 0 Å². The summed E-state index contributed by atoms with van der Waals surface area (Å²) in [5.41, 5.74) is 11.3. The van der Waals surface area contributed by atoms with Gasteiger partial charge in [-0.25, -0.2) is 0 Å². The number of carbonyl (C=O) groups is 1. The van der Waals surface area contributed by atoms with Gasteiger partial charge in [0, 0.05) is 29.7 Å². The van der Waals surface area contributed by atoms with Crippen LogP contribution < -0.4 is 16.2 Å². The van der Waals surface area contributed by atoms with E-state index < -0.39 is 0 Å². The standard InChI is InChI=1S/C25H28N4O/c1-15-6-7-16(14-26-15)8-11-21-18-10-9-17(12-23(18)29-28-21)20-13-25(20)19-4-2-3-5-22(19)27-24(25)30/h2-8,11,14,17-18,20-21,23,28-29H,9-10,12-13H2,1H3,(H,27,30)/b11-8+/t17?,18?,20-,21?,23?,25-/m0/s1. The number of anilines is 1. The summed E-state index contributed by atoms with van der Waals surface area (Å²) in [6.07, 6.45) is 11.0. The molecule has 1 aromatic heterocycles. The van der Waals surface area contributed by atoms with Gasteiger partial charge in [0.25, 0.3) is 0 Å². The van der Waals surface area contributed by atoms with Crippen molar-refractivity contribution >= 4 is 17.7 Å². The second-order valence-electron chi connectivity index (χ2n) is 9.53. The van der Waals surface area contributed by atoms with Gasteiger partial charge in [-0.15, -0.1) is 0 Å². The number of amides is 1. The number of nitrogens with zero attached hydrogens (tertiary/aromatic N) is 1. The molecular formula is C25H28N4O. The zero-order chi connectivity index (χ0) is 20.3. The van der Waals surface area contributed by atoms with Crippen LogP contribution in [0.1, 0.15) is 42.5 Å². The average Bonchev–Trinajstić information content (AvgIpc) is 3.30. The number of nitrogens with one attached hydrogen (secondary N) is 3. The van der Waals surface area contributed by atoms with Crippen LogP contribution in [-0.2, 0) is 10.2 Å². The van der Waals surface area contributed by atoms with Crippen molar-refractivity contribution < 1.29 is 4.79 Å². The number of hydrogen-bond donors (Lipinski definition) is 3. The first-order chi connectivity index (χ1) is 14.6. The van der Waals surface area contributed by atoms with E-state index in [1.165, 1.54) is 18.4 Å².